The largest absolute Gasteiger partial charge is 0.465 e. The minimum atomic E-state index is -1.40. The lowest BCUT2D eigenvalue weighted by molar-refractivity contribution is 0.0600. The lowest BCUT2D eigenvalue weighted by Crippen LogP contribution is -2.04. The monoisotopic (exact) mass is 327 g/mol. The van der Waals surface area contributed by atoms with Crippen molar-refractivity contribution in [2.45, 2.75) is 10.6 Å². The van der Waals surface area contributed by atoms with Crippen molar-refractivity contribution in [1.82, 2.24) is 4.98 Å². The number of carbonyl (C=O) groups is 1. The van der Waals surface area contributed by atoms with E-state index in [-0.39, 0.29) is 10.8 Å². The highest BCUT2D eigenvalue weighted by Gasteiger charge is 2.10. The summed E-state index contributed by atoms with van der Waals surface area (Å²) in [4.78, 5) is 15.7. The molecule has 0 N–H and O–H groups in total. The highest BCUT2D eigenvalue weighted by molar-refractivity contribution is 7.84. The van der Waals surface area contributed by atoms with E-state index in [2.05, 4.69) is 9.72 Å². The van der Waals surface area contributed by atoms with Crippen LogP contribution in [-0.4, -0.2) is 22.3 Å². The normalized spacial score (nSPS) is 12.0. The van der Waals surface area contributed by atoms with Crippen LogP contribution in [0.5, 0.6) is 0 Å². The van der Waals surface area contributed by atoms with Crippen LogP contribution in [-0.2, 0) is 21.3 Å². The Morgan fingerprint density at radius 2 is 2.14 bits per heavy atom. The van der Waals surface area contributed by atoms with E-state index in [0.29, 0.717) is 16.2 Å². The van der Waals surface area contributed by atoms with Crippen LogP contribution in [0.4, 0.5) is 4.39 Å². The van der Waals surface area contributed by atoms with Crippen molar-refractivity contribution in [2.24, 2.45) is 0 Å². The molecule has 0 fully saturated rings. The van der Waals surface area contributed by atoms with E-state index in [1.165, 1.54) is 31.5 Å². The highest BCUT2D eigenvalue weighted by atomic mass is 35.5. The van der Waals surface area contributed by atoms with Gasteiger partial charge in [0, 0.05) is 11.1 Å². The summed E-state index contributed by atoms with van der Waals surface area (Å²) in [6.45, 7) is 0. The molecule has 0 aliphatic rings. The first-order chi connectivity index (χ1) is 10.0. The number of carbonyl (C=O) groups excluding carboxylic acids is 1. The third kappa shape index (κ3) is 3.86. The Kier molecular flexibility index (Phi) is 5.03. The number of ether oxygens (including phenoxy) is 1. The zero-order chi connectivity index (χ0) is 15.4. The van der Waals surface area contributed by atoms with Gasteiger partial charge in [0.2, 0.25) is 0 Å². The highest BCUT2D eigenvalue weighted by Crippen LogP contribution is 2.20. The molecule has 1 heterocycles. The van der Waals surface area contributed by atoms with E-state index < -0.39 is 22.6 Å². The lowest BCUT2D eigenvalue weighted by atomic mass is 10.2. The topological polar surface area (TPSA) is 56.3 Å². The molecular formula is C14H11ClFNO3S. The second-order valence-corrected chi connectivity index (χ2v) is 5.95. The molecule has 1 aromatic heterocycles. The standard InChI is InChI=1S/C14H11ClFNO3S/c1-20-14(18)9-2-3-10(17-7-9)8-21(19)11-4-5-13(16)12(15)6-11/h2-7H,8H2,1H3. The zero-order valence-electron chi connectivity index (χ0n) is 11.0. The van der Waals surface area contributed by atoms with Gasteiger partial charge in [-0.3, -0.25) is 9.19 Å². The molecule has 0 bridgehead atoms. The summed E-state index contributed by atoms with van der Waals surface area (Å²) in [6.07, 6.45) is 1.36. The van der Waals surface area contributed by atoms with Gasteiger partial charge in [0.05, 0.1) is 39.9 Å². The molecule has 2 aromatic rings. The molecule has 0 amide bonds. The van der Waals surface area contributed by atoms with Gasteiger partial charge in [-0.25, -0.2) is 9.18 Å². The fourth-order valence-corrected chi connectivity index (χ4v) is 2.91. The molecule has 2 rings (SSSR count). The second-order valence-electron chi connectivity index (χ2n) is 4.10. The second kappa shape index (κ2) is 6.78. The Hall–Kier alpha value is -1.79. The summed E-state index contributed by atoms with van der Waals surface area (Å²) in [6, 6.07) is 7.05. The van der Waals surface area contributed by atoms with E-state index in [1.807, 2.05) is 0 Å². The predicted molar refractivity (Wildman–Crippen MR) is 77.1 cm³/mol. The van der Waals surface area contributed by atoms with Crippen LogP contribution < -0.4 is 0 Å². The van der Waals surface area contributed by atoms with Gasteiger partial charge < -0.3 is 4.74 Å². The van der Waals surface area contributed by atoms with E-state index in [0.717, 1.165) is 0 Å². The molecule has 1 aromatic carbocycles. The molecule has 1 atom stereocenters. The Balaban J connectivity index is 2.12. The van der Waals surface area contributed by atoms with Crippen molar-refractivity contribution in [3.05, 3.63) is 58.6 Å². The molecule has 0 aliphatic heterocycles. The average Bonchev–Trinajstić information content (AvgIpc) is 2.50. The first-order valence-corrected chi connectivity index (χ1v) is 7.57. The lowest BCUT2D eigenvalue weighted by Gasteiger charge is -2.04. The minimum absolute atomic E-state index is 0.0742. The molecule has 21 heavy (non-hydrogen) atoms. The fourth-order valence-electron chi connectivity index (χ4n) is 1.58. The molecular weight excluding hydrogens is 317 g/mol. The van der Waals surface area contributed by atoms with Crippen LogP contribution >= 0.6 is 11.6 Å². The van der Waals surface area contributed by atoms with Crippen LogP contribution in [0.1, 0.15) is 16.1 Å². The van der Waals surface area contributed by atoms with Crippen molar-refractivity contribution in [2.75, 3.05) is 7.11 Å². The molecule has 4 nitrogen and oxygen atoms in total. The van der Waals surface area contributed by atoms with Gasteiger partial charge in [0.1, 0.15) is 5.82 Å². The maximum atomic E-state index is 13.1. The van der Waals surface area contributed by atoms with Gasteiger partial charge in [-0.15, -0.1) is 0 Å². The Bertz CT molecular complexity index is 691. The maximum absolute atomic E-state index is 13.1. The number of pyridine rings is 1. The number of nitrogens with zero attached hydrogens (tertiary/aromatic N) is 1. The molecule has 0 spiro atoms. The van der Waals surface area contributed by atoms with E-state index in [1.54, 1.807) is 12.1 Å². The fraction of sp³-hybridized carbons (Fsp3) is 0.143. The number of methoxy groups -OCH3 is 1. The van der Waals surface area contributed by atoms with Crippen LogP contribution in [0, 0.1) is 5.82 Å². The number of benzene rings is 1. The summed E-state index contributed by atoms with van der Waals surface area (Å²) in [7, 11) is -0.120. The molecule has 1 unspecified atom stereocenters. The summed E-state index contributed by atoms with van der Waals surface area (Å²) in [5.74, 6) is -0.901. The molecule has 110 valence electrons. The molecule has 7 heteroatoms. The number of aromatic nitrogens is 1. The summed E-state index contributed by atoms with van der Waals surface area (Å²) >= 11 is 5.66. The SMILES string of the molecule is COC(=O)c1ccc(CS(=O)c2ccc(F)c(Cl)c2)nc1. The number of hydrogen-bond donors (Lipinski definition) is 0. The third-order valence-corrected chi connectivity index (χ3v) is 4.31. The Morgan fingerprint density at radius 3 is 2.71 bits per heavy atom. The van der Waals surface area contributed by atoms with Gasteiger partial charge in [-0.1, -0.05) is 11.6 Å². The number of rotatable bonds is 4. The molecule has 0 saturated heterocycles. The van der Waals surface area contributed by atoms with Gasteiger partial charge in [0.15, 0.2) is 0 Å². The van der Waals surface area contributed by atoms with E-state index in [4.69, 9.17) is 11.6 Å². The van der Waals surface area contributed by atoms with Crippen molar-refractivity contribution in [1.29, 1.82) is 0 Å². The third-order valence-electron chi connectivity index (χ3n) is 2.68. The quantitative estimate of drug-likeness (QED) is 0.810. The van der Waals surface area contributed by atoms with Gasteiger partial charge in [-0.2, -0.15) is 0 Å². The first kappa shape index (κ1) is 15.6. The number of esters is 1. The molecule has 0 saturated carbocycles. The molecule has 0 radical (unpaired) electrons. The van der Waals surface area contributed by atoms with Gasteiger partial charge in [0.25, 0.3) is 0 Å². The summed E-state index contributed by atoms with van der Waals surface area (Å²) < 4.78 is 29.8. The predicted octanol–water partition coefficient (Wildman–Crippen LogP) is 2.97. The summed E-state index contributed by atoms with van der Waals surface area (Å²) in [5, 5.41) is -0.0742. The van der Waals surface area contributed by atoms with Crippen molar-refractivity contribution in [3.8, 4) is 0 Å². The molecule has 0 aliphatic carbocycles. The van der Waals surface area contributed by atoms with Crippen LogP contribution in [0.3, 0.4) is 0 Å². The smallest absolute Gasteiger partial charge is 0.339 e. The number of hydrogen-bond acceptors (Lipinski definition) is 4. The Morgan fingerprint density at radius 1 is 1.38 bits per heavy atom. The van der Waals surface area contributed by atoms with Crippen molar-refractivity contribution in [3.63, 3.8) is 0 Å². The van der Waals surface area contributed by atoms with Crippen LogP contribution in [0.2, 0.25) is 5.02 Å². The van der Waals surface area contributed by atoms with Gasteiger partial charge >= 0.3 is 5.97 Å². The van der Waals surface area contributed by atoms with Crippen molar-refractivity contribution >= 4 is 28.4 Å². The Labute approximate surface area is 128 Å². The first-order valence-electron chi connectivity index (χ1n) is 5.88. The summed E-state index contributed by atoms with van der Waals surface area (Å²) in [5.41, 5.74) is 0.860. The maximum Gasteiger partial charge on any atom is 0.339 e. The van der Waals surface area contributed by atoms with Crippen molar-refractivity contribution < 1.29 is 18.1 Å². The van der Waals surface area contributed by atoms with E-state index in [9.17, 15) is 13.4 Å². The van der Waals surface area contributed by atoms with Crippen LogP contribution in [0.15, 0.2) is 41.4 Å². The minimum Gasteiger partial charge on any atom is -0.465 e. The van der Waals surface area contributed by atoms with Crippen LogP contribution in [0.25, 0.3) is 0 Å². The van der Waals surface area contributed by atoms with Gasteiger partial charge in [-0.05, 0) is 30.3 Å². The average molecular weight is 328 g/mol. The number of halogens is 2. The zero-order valence-corrected chi connectivity index (χ0v) is 12.6. The van der Waals surface area contributed by atoms with E-state index >= 15 is 0 Å².